The zero-order valence-electron chi connectivity index (χ0n) is 18.1. The maximum Gasteiger partial charge on any atom is 0.166 e. The molecule has 160 valence electrons. The van der Waals surface area contributed by atoms with Crippen molar-refractivity contribution < 1.29 is 17.5 Å². The standard InChI is InChI=1S/C15H31N2.C7H8O3S/c1-4-6-8-10-13-17(3,15-12-16)14-11-9-7-5-2;1-6-2-4-7(5-3-6)11(8,9)10/h4-11,13-15H2,1-3H3;2-5H,1H3,(H,8,9,10)/q+1;/p-1. The number of nitriles is 1. The highest BCUT2D eigenvalue weighted by atomic mass is 32.2. The third-order valence-corrected chi connectivity index (χ3v) is 5.71. The van der Waals surface area contributed by atoms with Gasteiger partial charge < -0.3 is 9.04 Å². The van der Waals surface area contributed by atoms with Crippen molar-refractivity contribution in [2.45, 2.75) is 77.0 Å². The van der Waals surface area contributed by atoms with Gasteiger partial charge in [0.1, 0.15) is 16.2 Å². The van der Waals surface area contributed by atoms with E-state index in [1.807, 2.05) is 6.92 Å². The minimum Gasteiger partial charge on any atom is -0.744 e. The van der Waals surface area contributed by atoms with E-state index in [9.17, 15) is 13.0 Å². The average molecular weight is 411 g/mol. The Hall–Kier alpha value is -1.42. The molecule has 0 aliphatic heterocycles. The number of nitrogens with zero attached hydrogens (tertiary/aromatic N) is 2. The fraction of sp³-hybridized carbons (Fsp3) is 0.682. The predicted molar refractivity (Wildman–Crippen MR) is 114 cm³/mol. The lowest BCUT2D eigenvalue weighted by molar-refractivity contribution is -0.903. The van der Waals surface area contributed by atoms with Crippen LogP contribution >= 0.6 is 0 Å². The minimum atomic E-state index is -4.27. The average Bonchev–Trinajstić information content (AvgIpc) is 2.63. The van der Waals surface area contributed by atoms with Crippen LogP contribution in [0.15, 0.2) is 29.2 Å². The molecule has 0 amide bonds. The van der Waals surface area contributed by atoms with Gasteiger partial charge in [0.2, 0.25) is 0 Å². The highest BCUT2D eigenvalue weighted by Gasteiger charge is 2.19. The minimum absolute atomic E-state index is 0.178. The molecule has 5 nitrogen and oxygen atoms in total. The Morgan fingerprint density at radius 2 is 1.39 bits per heavy atom. The fourth-order valence-electron chi connectivity index (χ4n) is 2.99. The molecule has 0 spiro atoms. The molecule has 1 aromatic carbocycles. The molecule has 0 saturated heterocycles. The molecular formula is C22H38N2O3S. The molecule has 0 heterocycles. The van der Waals surface area contributed by atoms with Crippen LogP contribution in [0.1, 0.15) is 70.8 Å². The van der Waals surface area contributed by atoms with Crippen LogP contribution in [-0.2, 0) is 10.1 Å². The number of benzene rings is 1. The summed E-state index contributed by atoms with van der Waals surface area (Å²) in [4.78, 5) is -0.178. The maximum absolute atomic E-state index is 10.4. The Bertz CT molecular complexity index is 652. The molecule has 0 fully saturated rings. The molecule has 6 heteroatoms. The summed E-state index contributed by atoms with van der Waals surface area (Å²) in [6, 6.07) is 8.14. The lowest BCUT2D eigenvalue weighted by atomic mass is 10.1. The summed E-state index contributed by atoms with van der Waals surface area (Å²) in [5, 5.41) is 8.94. The molecule has 0 atom stereocenters. The van der Waals surface area contributed by atoms with Gasteiger partial charge in [-0.15, -0.1) is 0 Å². The molecule has 1 rings (SSSR count). The summed E-state index contributed by atoms with van der Waals surface area (Å²) in [6.45, 7) is 9.35. The predicted octanol–water partition coefficient (Wildman–Crippen LogP) is 5.02. The topological polar surface area (TPSA) is 81.0 Å². The normalized spacial score (nSPS) is 11.4. The molecule has 0 aliphatic rings. The monoisotopic (exact) mass is 410 g/mol. The van der Waals surface area contributed by atoms with Gasteiger partial charge in [-0.25, -0.2) is 8.42 Å². The second-order valence-corrected chi connectivity index (χ2v) is 9.15. The number of aryl methyl sites for hydroxylation is 1. The van der Waals surface area contributed by atoms with Crippen molar-refractivity contribution in [1.82, 2.24) is 0 Å². The van der Waals surface area contributed by atoms with Gasteiger partial charge in [0.25, 0.3) is 0 Å². The van der Waals surface area contributed by atoms with E-state index in [2.05, 4.69) is 27.0 Å². The maximum atomic E-state index is 10.4. The highest BCUT2D eigenvalue weighted by molar-refractivity contribution is 7.85. The molecule has 0 N–H and O–H groups in total. The Balaban J connectivity index is 0.000000567. The SMILES string of the molecule is CCCCCC[N+](C)(CC#N)CCCCCC.Cc1ccc(S(=O)(=O)[O-])cc1. The lowest BCUT2D eigenvalue weighted by Gasteiger charge is -2.32. The van der Waals surface area contributed by atoms with E-state index in [-0.39, 0.29) is 4.90 Å². The van der Waals surface area contributed by atoms with Crippen LogP contribution in [0.3, 0.4) is 0 Å². The summed E-state index contributed by atoms with van der Waals surface area (Å²) < 4.78 is 32.1. The highest BCUT2D eigenvalue weighted by Crippen LogP contribution is 2.11. The number of quaternary nitrogens is 1. The second kappa shape index (κ2) is 14.6. The molecule has 0 saturated carbocycles. The van der Waals surface area contributed by atoms with E-state index in [1.165, 1.54) is 76.6 Å². The van der Waals surface area contributed by atoms with Gasteiger partial charge in [0.15, 0.2) is 6.54 Å². The van der Waals surface area contributed by atoms with Gasteiger partial charge >= 0.3 is 0 Å². The molecule has 0 bridgehead atoms. The lowest BCUT2D eigenvalue weighted by Crippen LogP contribution is -2.45. The second-order valence-electron chi connectivity index (χ2n) is 7.77. The van der Waals surface area contributed by atoms with Crippen molar-refractivity contribution >= 4 is 10.1 Å². The van der Waals surface area contributed by atoms with Crippen LogP contribution in [0.25, 0.3) is 0 Å². The van der Waals surface area contributed by atoms with Crippen molar-refractivity contribution in [3.8, 4) is 6.07 Å². The molecule has 0 aromatic heterocycles. The summed E-state index contributed by atoms with van der Waals surface area (Å²) >= 11 is 0. The summed E-state index contributed by atoms with van der Waals surface area (Å²) in [5.41, 5.74) is 0.928. The van der Waals surface area contributed by atoms with Gasteiger partial charge in [-0.3, -0.25) is 0 Å². The van der Waals surface area contributed by atoms with Gasteiger partial charge in [0.05, 0.1) is 25.0 Å². The third kappa shape index (κ3) is 12.9. The third-order valence-electron chi connectivity index (χ3n) is 4.87. The largest absolute Gasteiger partial charge is 0.744 e. The zero-order valence-corrected chi connectivity index (χ0v) is 18.9. The fourth-order valence-corrected chi connectivity index (χ4v) is 3.46. The first-order valence-electron chi connectivity index (χ1n) is 10.4. The molecule has 0 aliphatic carbocycles. The van der Waals surface area contributed by atoms with Crippen LogP contribution < -0.4 is 0 Å². The van der Waals surface area contributed by atoms with Crippen molar-refractivity contribution in [2.75, 3.05) is 26.7 Å². The Morgan fingerprint density at radius 3 is 1.75 bits per heavy atom. The first-order chi connectivity index (χ1) is 13.2. The van der Waals surface area contributed by atoms with Gasteiger partial charge in [0, 0.05) is 0 Å². The number of unbranched alkanes of at least 4 members (excludes halogenated alkanes) is 6. The van der Waals surface area contributed by atoms with Gasteiger partial charge in [-0.05, 0) is 44.7 Å². The van der Waals surface area contributed by atoms with E-state index >= 15 is 0 Å². The first kappa shape index (κ1) is 26.6. The van der Waals surface area contributed by atoms with Gasteiger partial charge in [-0.1, -0.05) is 57.2 Å². The summed E-state index contributed by atoms with van der Waals surface area (Å²) in [6.07, 6.45) is 10.5. The van der Waals surface area contributed by atoms with E-state index in [1.54, 1.807) is 12.1 Å². The van der Waals surface area contributed by atoms with Crippen LogP contribution in [0, 0.1) is 18.3 Å². The Labute approximate surface area is 172 Å². The van der Waals surface area contributed by atoms with Crippen LogP contribution in [0.4, 0.5) is 0 Å². The van der Waals surface area contributed by atoms with E-state index in [0.29, 0.717) is 6.54 Å². The molecule has 28 heavy (non-hydrogen) atoms. The van der Waals surface area contributed by atoms with Crippen LogP contribution in [-0.4, -0.2) is 44.1 Å². The van der Waals surface area contributed by atoms with E-state index in [4.69, 9.17) is 5.26 Å². The molecule has 0 unspecified atom stereocenters. The molecule has 0 radical (unpaired) electrons. The van der Waals surface area contributed by atoms with E-state index < -0.39 is 10.1 Å². The Kier molecular flexibility index (Phi) is 13.8. The summed E-state index contributed by atoms with van der Waals surface area (Å²) in [5.74, 6) is 0. The molecule has 1 aromatic rings. The quantitative estimate of drug-likeness (QED) is 0.210. The molecular weight excluding hydrogens is 372 g/mol. The van der Waals surface area contributed by atoms with Crippen LogP contribution in [0.5, 0.6) is 0 Å². The number of hydrogen-bond acceptors (Lipinski definition) is 4. The van der Waals surface area contributed by atoms with Crippen LogP contribution in [0.2, 0.25) is 0 Å². The smallest absolute Gasteiger partial charge is 0.166 e. The Morgan fingerprint density at radius 1 is 0.929 bits per heavy atom. The van der Waals surface area contributed by atoms with Gasteiger partial charge in [-0.2, -0.15) is 5.26 Å². The van der Waals surface area contributed by atoms with Crippen molar-refractivity contribution in [2.24, 2.45) is 0 Å². The number of hydrogen-bond donors (Lipinski definition) is 0. The van der Waals surface area contributed by atoms with Crippen molar-refractivity contribution in [1.29, 1.82) is 5.26 Å². The van der Waals surface area contributed by atoms with Crippen molar-refractivity contribution in [3.63, 3.8) is 0 Å². The first-order valence-corrected chi connectivity index (χ1v) is 11.8. The summed E-state index contributed by atoms with van der Waals surface area (Å²) in [7, 11) is -2.02. The van der Waals surface area contributed by atoms with Crippen molar-refractivity contribution in [3.05, 3.63) is 29.8 Å². The zero-order chi connectivity index (χ0) is 21.5. The van der Waals surface area contributed by atoms with E-state index in [0.717, 1.165) is 10.0 Å². The number of rotatable bonds is 12.